The maximum absolute atomic E-state index is 12.0. The summed E-state index contributed by atoms with van der Waals surface area (Å²) < 4.78 is 0. The van der Waals surface area contributed by atoms with E-state index < -0.39 is 0 Å². The van der Waals surface area contributed by atoms with E-state index in [1.807, 2.05) is 45.2 Å². The molecule has 1 aromatic carbocycles. The van der Waals surface area contributed by atoms with Crippen LogP contribution in [0.2, 0.25) is 0 Å². The number of carbonyl (C=O) groups excluding carboxylic acids is 1. The fourth-order valence-electron chi connectivity index (χ4n) is 1.82. The number of carbonyl (C=O) groups is 1. The molecule has 1 unspecified atom stereocenters. The molecule has 0 aliphatic carbocycles. The van der Waals surface area contributed by atoms with Crippen molar-refractivity contribution in [2.75, 3.05) is 13.7 Å². The van der Waals surface area contributed by atoms with Gasteiger partial charge in [-0.2, -0.15) is 0 Å². The lowest BCUT2D eigenvalue weighted by atomic mass is 10.1. The standard InChI is InChI=1S/C17H23NO2/c1-4-14(2)17(20)18(3)13-16-10-8-15(9-11-16)7-5-6-12-19/h8-11,14,19H,4,6,12-13H2,1-3H3. The summed E-state index contributed by atoms with van der Waals surface area (Å²) in [6, 6.07) is 7.87. The SMILES string of the molecule is CCC(C)C(=O)N(C)Cc1ccc(C#CCCO)cc1. The Labute approximate surface area is 121 Å². The van der Waals surface area contributed by atoms with Gasteiger partial charge >= 0.3 is 0 Å². The highest BCUT2D eigenvalue weighted by Gasteiger charge is 2.15. The van der Waals surface area contributed by atoms with E-state index in [4.69, 9.17) is 5.11 Å². The second-order valence-electron chi connectivity index (χ2n) is 4.98. The van der Waals surface area contributed by atoms with E-state index in [0.717, 1.165) is 17.5 Å². The third-order valence-electron chi connectivity index (χ3n) is 3.25. The Balaban J connectivity index is 2.62. The molecule has 0 aliphatic rings. The maximum Gasteiger partial charge on any atom is 0.225 e. The average Bonchev–Trinajstić information content (AvgIpc) is 2.47. The van der Waals surface area contributed by atoms with Gasteiger partial charge in [-0.1, -0.05) is 37.8 Å². The minimum absolute atomic E-state index is 0.0728. The molecule has 0 bridgehead atoms. The van der Waals surface area contributed by atoms with Crippen LogP contribution in [-0.2, 0) is 11.3 Å². The Morgan fingerprint density at radius 2 is 2.00 bits per heavy atom. The lowest BCUT2D eigenvalue weighted by Gasteiger charge is -2.20. The number of amides is 1. The summed E-state index contributed by atoms with van der Waals surface area (Å²) in [4.78, 5) is 13.8. The topological polar surface area (TPSA) is 40.5 Å². The van der Waals surface area contributed by atoms with Gasteiger partial charge < -0.3 is 10.0 Å². The molecule has 0 radical (unpaired) electrons. The van der Waals surface area contributed by atoms with Crippen LogP contribution < -0.4 is 0 Å². The van der Waals surface area contributed by atoms with Gasteiger partial charge in [-0.25, -0.2) is 0 Å². The minimum atomic E-state index is 0.0728. The second-order valence-corrected chi connectivity index (χ2v) is 4.98. The van der Waals surface area contributed by atoms with Crippen molar-refractivity contribution in [1.29, 1.82) is 0 Å². The first-order valence-electron chi connectivity index (χ1n) is 7.02. The molecule has 0 aliphatic heterocycles. The van der Waals surface area contributed by atoms with Gasteiger partial charge in [-0.05, 0) is 24.1 Å². The fourth-order valence-corrected chi connectivity index (χ4v) is 1.82. The van der Waals surface area contributed by atoms with Crippen molar-refractivity contribution in [3.05, 3.63) is 35.4 Å². The van der Waals surface area contributed by atoms with Crippen LogP contribution in [-0.4, -0.2) is 29.6 Å². The van der Waals surface area contributed by atoms with E-state index >= 15 is 0 Å². The minimum Gasteiger partial charge on any atom is -0.395 e. The fraction of sp³-hybridized carbons (Fsp3) is 0.471. The van der Waals surface area contributed by atoms with E-state index in [9.17, 15) is 4.79 Å². The van der Waals surface area contributed by atoms with Crippen LogP contribution in [0.15, 0.2) is 24.3 Å². The highest BCUT2D eigenvalue weighted by atomic mass is 16.2. The van der Waals surface area contributed by atoms with Crippen LogP contribution in [0.25, 0.3) is 0 Å². The van der Waals surface area contributed by atoms with Crippen molar-refractivity contribution in [3.63, 3.8) is 0 Å². The summed E-state index contributed by atoms with van der Waals surface area (Å²) in [6.45, 7) is 4.69. The van der Waals surface area contributed by atoms with Gasteiger partial charge in [-0.3, -0.25) is 4.79 Å². The summed E-state index contributed by atoms with van der Waals surface area (Å²) >= 11 is 0. The molecule has 1 N–H and O–H groups in total. The number of aliphatic hydroxyl groups excluding tert-OH is 1. The molecule has 0 spiro atoms. The largest absolute Gasteiger partial charge is 0.395 e. The summed E-state index contributed by atoms with van der Waals surface area (Å²) in [5, 5.41) is 8.66. The lowest BCUT2D eigenvalue weighted by molar-refractivity contribution is -0.134. The summed E-state index contributed by atoms with van der Waals surface area (Å²) in [5.74, 6) is 6.13. The number of hydrogen-bond donors (Lipinski definition) is 1. The maximum atomic E-state index is 12.0. The Morgan fingerprint density at radius 3 is 2.55 bits per heavy atom. The first-order valence-corrected chi connectivity index (χ1v) is 7.02. The second kappa shape index (κ2) is 8.39. The molecule has 1 amide bonds. The van der Waals surface area contributed by atoms with Crippen LogP contribution >= 0.6 is 0 Å². The quantitative estimate of drug-likeness (QED) is 0.837. The summed E-state index contributed by atoms with van der Waals surface area (Å²) in [6.07, 6.45) is 1.36. The molecular formula is C17H23NO2. The Bertz CT molecular complexity index is 482. The predicted octanol–water partition coefficient (Wildman–Crippen LogP) is 2.43. The molecule has 1 rings (SSSR count). The van der Waals surface area contributed by atoms with E-state index in [0.29, 0.717) is 13.0 Å². The van der Waals surface area contributed by atoms with Gasteiger partial charge in [-0.15, -0.1) is 0 Å². The Kier molecular flexibility index (Phi) is 6.83. The van der Waals surface area contributed by atoms with E-state index in [1.165, 1.54) is 0 Å². The number of benzene rings is 1. The molecule has 0 saturated heterocycles. The molecule has 3 heteroatoms. The summed E-state index contributed by atoms with van der Waals surface area (Å²) in [7, 11) is 1.84. The van der Waals surface area contributed by atoms with Gasteiger partial charge in [0.1, 0.15) is 0 Å². The molecule has 20 heavy (non-hydrogen) atoms. The van der Waals surface area contributed by atoms with E-state index in [1.54, 1.807) is 4.90 Å². The zero-order valence-corrected chi connectivity index (χ0v) is 12.5. The average molecular weight is 273 g/mol. The zero-order chi connectivity index (χ0) is 15.0. The van der Waals surface area contributed by atoms with Crippen molar-refractivity contribution in [1.82, 2.24) is 4.90 Å². The first-order chi connectivity index (χ1) is 9.58. The molecule has 1 aromatic rings. The van der Waals surface area contributed by atoms with Gasteiger partial charge in [0.05, 0.1) is 6.61 Å². The van der Waals surface area contributed by atoms with Gasteiger partial charge in [0.2, 0.25) is 5.91 Å². The van der Waals surface area contributed by atoms with Gasteiger partial charge in [0, 0.05) is 31.5 Å². The third kappa shape index (κ3) is 5.07. The highest BCUT2D eigenvalue weighted by Crippen LogP contribution is 2.10. The van der Waals surface area contributed by atoms with Crippen molar-refractivity contribution < 1.29 is 9.90 Å². The molecule has 0 aromatic heterocycles. The zero-order valence-electron chi connectivity index (χ0n) is 12.5. The van der Waals surface area contributed by atoms with Crippen molar-refractivity contribution in [2.45, 2.75) is 33.2 Å². The first kappa shape index (κ1) is 16.3. The normalized spacial score (nSPS) is 11.4. The predicted molar refractivity (Wildman–Crippen MR) is 81.0 cm³/mol. The van der Waals surface area contributed by atoms with E-state index in [-0.39, 0.29) is 18.4 Å². The Hall–Kier alpha value is -1.79. The molecule has 108 valence electrons. The molecule has 0 heterocycles. The number of rotatable bonds is 5. The molecular weight excluding hydrogens is 250 g/mol. The lowest BCUT2D eigenvalue weighted by Crippen LogP contribution is -2.30. The van der Waals surface area contributed by atoms with Crippen LogP contribution in [0.5, 0.6) is 0 Å². The molecule has 3 nitrogen and oxygen atoms in total. The van der Waals surface area contributed by atoms with Crippen molar-refractivity contribution in [3.8, 4) is 11.8 Å². The Morgan fingerprint density at radius 1 is 1.35 bits per heavy atom. The van der Waals surface area contributed by atoms with Crippen LogP contribution in [0.1, 0.15) is 37.8 Å². The monoisotopic (exact) mass is 273 g/mol. The molecule has 0 fully saturated rings. The van der Waals surface area contributed by atoms with Crippen LogP contribution in [0, 0.1) is 17.8 Å². The van der Waals surface area contributed by atoms with Crippen LogP contribution in [0.3, 0.4) is 0 Å². The van der Waals surface area contributed by atoms with Gasteiger partial charge in [0.25, 0.3) is 0 Å². The molecule has 1 atom stereocenters. The number of aliphatic hydroxyl groups is 1. The molecule has 0 saturated carbocycles. The number of nitrogens with zero attached hydrogens (tertiary/aromatic N) is 1. The van der Waals surface area contributed by atoms with Crippen molar-refractivity contribution >= 4 is 5.91 Å². The summed E-state index contributed by atoms with van der Waals surface area (Å²) in [5.41, 5.74) is 2.02. The van der Waals surface area contributed by atoms with Gasteiger partial charge in [0.15, 0.2) is 0 Å². The van der Waals surface area contributed by atoms with E-state index in [2.05, 4.69) is 11.8 Å². The number of hydrogen-bond acceptors (Lipinski definition) is 2. The van der Waals surface area contributed by atoms with Crippen molar-refractivity contribution in [2.24, 2.45) is 5.92 Å². The third-order valence-corrected chi connectivity index (χ3v) is 3.25. The smallest absolute Gasteiger partial charge is 0.225 e. The highest BCUT2D eigenvalue weighted by molar-refractivity contribution is 5.78. The van der Waals surface area contributed by atoms with Crippen LogP contribution in [0.4, 0.5) is 0 Å².